The van der Waals surface area contributed by atoms with Crippen LogP contribution in [0.3, 0.4) is 0 Å². The predicted octanol–water partition coefficient (Wildman–Crippen LogP) is 0.861. The number of piperazine rings is 1. The predicted molar refractivity (Wildman–Crippen MR) is 71.5 cm³/mol. The van der Waals surface area contributed by atoms with E-state index >= 15 is 0 Å². The summed E-state index contributed by atoms with van der Waals surface area (Å²) >= 11 is 0. The molecule has 0 bridgehead atoms. The molecule has 0 aliphatic carbocycles. The van der Waals surface area contributed by atoms with Crippen LogP contribution in [0.1, 0.15) is 12.8 Å². The second-order valence-electron chi connectivity index (χ2n) is 5.16. The Labute approximate surface area is 113 Å². The molecule has 6 heteroatoms. The summed E-state index contributed by atoms with van der Waals surface area (Å²) in [6.07, 6.45) is 2.21. The highest BCUT2D eigenvalue weighted by molar-refractivity contribution is 7.89. The van der Waals surface area contributed by atoms with Crippen LogP contribution in [-0.2, 0) is 10.0 Å². The van der Waals surface area contributed by atoms with Gasteiger partial charge in [0.1, 0.15) is 10.6 Å². The Morgan fingerprint density at radius 3 is 2.74 bits per heavy atom. The first kappa shape index (κ1) is 12.9. The minimum Gasteiger partial charge on any atom is -0.507 e. The Bertz CT molecular complexity index is 573. The molecule has 0 radical (unpaired) electrons. The molecule has 1 unspecified atom stereocenters. The van der Waals surface area contributed by atoms with Crippen LogP contribution in [0.5, 0.6) is 5.75 Å². The quantitative estimate of drug-likeness (QED) is 0.874. The summed E-state index contributed by atoms with van der Waals surface area (Å²) in [7, 11) is -3.57. The molecule has 0 saturated carbocycles. The van der Waals surface area contributed by atoms with E-state index in [0.29, 0.717) is 19.1 Å². The van der Waals surface area contributed by atoms with Crippen molar-refractivity contribution in [2.24, 2.45) is 0 Å². The van der Waals surface area contributed by atoms with E-state index < -0.39 is 10.0 Å². The Hall–Kier alpha value is -1.11. The number of rotatable bonds is 2. The summed E-state index contributed by atoms with van der Waals surface area (Å²) in [5, 5.41) is 9.75. The SMILES string of the molecule is O=S(=O)(c1ccccc1O)N1CCN2CCCC2C1. The van der Waals surface area contributed by atoms with Crippen LogP contribution in [0.15, 0.2) is 29.2 Å². The highest BCUT2D eigenvalue weighted by atomic mass is 32.2. The molecule has 1 atom stereocenters. The Morgan fingerprint density at radius 1 is 1.16 bits per heavy atom. The number of sulfonamides is 1. The van der Waals surface area contributed by atoms with Crippen LogP contribution in [0.4, 0.5) is 0 Å². The summed E-state index contributed by atoms with van der Waals surface area (Å²) in [5.41, 5.74) is 0. The third-order valence-electron chi connectivity index (χ3n) is 4.03. The first-order chi connectivity index (χ1) is 9.09. The third kappa shape index (κ3) is 2.24. The minimum atomic E-state index is -3.57. The number of aromatic hydroxyl groups is 1. The molecule has 19 heavy (non-hydrogen) atoms. The van der Waals surface area contributed by atoms with Gasteiger partial charge in [-0.2, -0.15) is 4.31 Å². The molecular weight excluding hydrogens is 264 g/mol. The van der Waals surface area contributed by atoms with Gasteiger partial charge in [-0.05, 0) is 31.5 Å². The van der Waals surface area contributed by atoms with E-state index in [-0.39, 0.29) is 10.6 Å². The van der Waals surface area contributed by atoms with Crippen molar-refractivity contribution >= 4 is 10.0 Å². The van der Waals surface area contributed by atoms with E-state index in [9.17, 15) is 13.5 Å². The maximum Gasteiger partial charge on any atom is 0.246 e. The molecule has 2 aliphatic heterocycles. The van der Waals surface area contributed by atoms with Crippen LogP contribution in [-0.4, -0.2) is 55.0 Å². The average molecular weight is 282 g/mol. The van der Waals surface area contributed by atoms with Gasteiger partial charge in [0.25, 0.3) is 0 Å². The van der Waals surface area contributed by atoms with Crippen molar-refractivity contribution in [1.82, 2.24) is 9.21 Å². The summed E-state index contributed by atoms with van der Waals surface area (Å²) in [4.78, 5) is 2.37. The topological polar surface area (TPSA) is 60.9 Å². The number of fused-ring (bicyclic) bond motifs is 1. The first-order valence-corrected chi connectivity index (χ1v) is 8.05. The highest BCUT2D eigenvalue weighted by Gasteiger charge is 2.36. The van der Waals surface area contributed by atoms with E-state index in [2.05, 4.69) is 4.90 Å². The van der Waals surface area contributed by atoms with Crippen molar-refractivity contribution in [3.8, 4) is 5.75 Å². The molecule has 1 N–H and O–H groups in total. The maximum absolute atomic E-state index is 12.5. The van der Waals surface area contributed by atoms with E-state index in [1.165, 1.54) is 16.4 Å². The summed E-state index contributed by atoms with van der Waals surface area (Å²) in [6.45, 7) is 2.91. The number of benzene rings is 1. The van der Waals surface area contributed by atoms with Crippen molar-refractivity contribution in [2.45, 2.75) is 23.8 Å². The van der Waals surface area contributed by atoms with Gasteiger partial charge >= 0.3 is 0 Å². The second kappa shape index (κ2) is 4.77. The van der Waals surface area contributed by atoms with Gasteiger partial charge in [0.15, 0.2) is 0 Å². The minimum absolute atomic E-state index is 0.0152. The zero-order valence-electron chi connectivity index (χ0n) is 10.7. The van der Waals surface area contributed by atoms with E-state index in [1.54, 1.807) is 12.1 Å². The van der Waals surface area contributed by atoms with Crippen LogP contribution in [0.2, 0.25) is 0 Å². The normalized spacial score (nSPS) is 25.4. The fourth-order valence-corrected chi connectivity index (χ4v) is 4.55. The monoisotopic (exact) mass is 282 g/mol. The average Bonchev–Trinajstić information content (AvgIpc) is 2.86. The number of phenolic OH excluding ortho intramolecular Hbond substituents is 1. The number of para-hydroxylation sites is 1. The fraction of sp³-hybridized carbons (Fsp3) is 0.538. The summed E-state index contributed by atoms with van der Waals surface area (Å²) in [6, 6.07) is 6.49. The lowest BCUT2D eigenvalue weighted by Crippen LogP contribution is -2.51. The van der Waals surface area contributed by atoms with Crippen LogP contribution >= 0.6 is 0 Å². The van der Waals surface area contributed by atoms with Crippen molar-refractivity contribution in [3.05, 3.63) is 24.3 Å². The molecule has 2 heterocycles. The number of hydrogen-bond acceptors (Lipinski definition) is 4. The van der Waals surface area contributed by atoms with Gasteiger partial charge in [-0.25, -0.2) is 8.42 Å². The van der Waals surface area contributed by atoms with E-state index in [4.69, 9.17) is 0 Å². The first-order valence-electron chi connectivity index (χ1n) is 6.61. The number of nitrogens with zero attached hydrogens (tertiary/aromatic N) is 2. The van der Waals surface area contributed by atoms with Crippen LogP contribution in [0, 0.1) is 0 Å². The second-order valence-corrected chi connectivity index (χ2v) is 7.07. The van der Waals surface area contributed by atoms with Crippen LogP contribution < -0.4 is 0 Å². The molecule has 1 aromatic carbocycles. The Kier molecular flexibility index (Phi) is 3.24. The van der Waals surface area contributed by atoms with Gasteiger partial charge in [0.05, 0.1) is 0 Å². The molecule has 5 nitrogen and oxygen atoms in total. The molecular formula is C13H18N2O3S. The van der Waals surface area contributed by atoms with E-state index in [0.717, 1.165) is 25.9 Å². The molecule has 0 spiro atoms. The lowest BCUT2D eigenvalue weighted by molar-refractivity contribution is 0.158. The zero-order valence-corrected chi connectivity index (χ0v) is 11.5. The van der Waals surface area contributed by atoms with Crippen LogP contribution in [0.25, 0.3) is 0 Å². The molecule has 3 rings (SSSR count). The lowest BCUT2D eigenvalue weighted by Gasteiger charge is -2.36. The van der Waals surface area contributed by atoms with Gasteiger partial charge in [-0.1, -0.05) is 12.1 Å². The van der Waals surface area contributed by atoms with Gasteiger partial charge in [0.2, 0.25) is 10.0 Å². The summed E-state index contributed by atoms with van der Waals surface area (Å²) in [5.74, 6) is -0.170. The fourth-order valence-electron chi connectivity index (χ4n) is 3.00. The third-order valence-corrected chi connectivity index (χ3v) is 5.95. The molecule has 2 fully saturated rings. The van der Waals surface area contributed by atoms with Gasteiger partial charge in [-0.15, -0.1) is 0 Å². The molecule has 1 aromatic rings. The lowest BCUT2D eigenvalue weighted by atomic mass is 10.2. The number of phenols is 1. The maximum atomic E-state index is 12.5. The van der Waals surface area contributed by atoms with E-state index in [1.807, 2.05) is 0 Å². The molecule has 0 aromatic heterocycles. The van der Waals surface area contributed by atoms with Gasteiger partial charge < -0.3 is 5.11 Å². The Morgan fingerprint density at radius 2 is 1.95 bits per heavy atom. The molecule has 104 valence electrons. The van der Waals surface area contributed by atoms with Crippen molar-refractivity contribution in [2.75, 3.05) is 26.2 Å². The number of hydrogen-bond donors (Lipinski definition) is 1. The molecule has 0 amide bonds. The van der Waals surface area contributed by atoms with Gasteiger partial charge in [0, 0.05) is 25.7 Å². The largest absolute Gasteiger partial charge is 0.507 e. The highest BCUT2D eigenvalue weighted by Crippen LogP contribution is 2.29. The van der Waals surface area contributed by atoms with Crippen molar-refractivity contribution < 1.29 is 13.5 Å². The Balaban J connectivity index is 1.87. The smallest absolute Gasteiger partial charge is 0.246 e. The molecule has 2 saturated heterocycles. The zero-order chi connectivity index (χ0) is 13.5. The van der Waals surface area contributed by atoms with Gasteiger partial charge in [-0.3, -0.25) is 4.90 Å². The van der Waals surface area contributed by atoms with Crippen molar-refractivity contribution in [3.63, 3.8) is 0 Å². The molecule has 2 aliphatic rings. The summed E-state index contributed by atoms with van der Waals surface area (Å²) < 4.78 is 26.6. The van der Waals surface area contributed by atoms with Crippen molar-refractivity contribution in [1.29, 1.82) is 0 Å². The standard InChI is InChI=1S/C13H18N2O3S/c16-12-5-1-2-6-13(12)19(17,18)15-9-8-14-7-3-4-11(14)10-15/h1-2,5-6,11,16H,3-4,7-10H2.